The van der Waals surface area contributed by atoms with E-state index in [1.807, 2.05) is 7.05 Å². The molecule has 0 radical (unpaired) electrons. The molecule has 0 saturated carbocycles. The quantitative estimate of drug-likeness (QED) is 0.761. The number of para-hydroxylation sites is 1. The molecule has 0 spiro atoms. The third kappa shape index (κ3) is 3.45. The van der Waals surface area contributed by atoms with Crippen LogP contribution in [0.2, 0.25) is 0 Å². The highest BCUT2D eigenvalue weighted by atomic mass is 16.3. The highest BCUT2D eigenvalue weighted by Gasteiger charge is 2.14. The van der Waals surface area contributed by atoms with Gasteiger partial charge in [0, 0.05) is 24.8 Å². The van der Waals surface area contributed by atoms with Gasteiger partial charge in [0.25, 0.3) is 0 Å². The Hall–Kier alpha value is -1.06. The van der Waals surface area contributed by atoms with E-state index in [9.17, 15) is 0 Å². The summed E-state index contributed by atoms with van der Waals surface area (Å²) in [4.78, 5) is 2.22. The van der Waals surface area contributed by atoms with Crippen LogP contribution in [-0.2, 0) is 0 Å². The smallest absolute Gasteiger partial charge is 0.0606 e. The van der Waals surface area contributed by atoms with Crippen LogP contribution in [-0.4, -0.2) is 31.9 Å². The molecule has 0 bridgehead atoms. The molecule has 0 aliphatic heterocycles. The van der Waals surface area contributed by atoms with E-state index in [1.54, 1.807) is 0 Å². The second-order valence-electron chi connectivity index (χ2n) is 4.11. The molecule has 0 aromatic heterocycles. The van der Waals surface area contributed by atoms with Crippen LogP contribution < -0.4 is 10.2 Å². The van der Waals surface area contributed by atoms with Crippen molar-refractivity contribution in [2.75, 3.05) is 31.6 Å². The Labute approximate surface area is 104 Å². The molecule has 0 aliphatic carbocycles. The van der Waals surface area contributed by atoms with Gasteiger partial charge in [-0.25, -0.2) is 0 Å². The van der Waals surface area contributed by atoms with E-state index in [1.165, 1.54) is 11.3 Å². The normalized spacial score (nSPS) is 12.5. The highest BCUT2D eigenvalue weighted by Crippen LogP contribution is 2.27. The fraction of sp³-hybridized carbons (Fsp3) is 0.571. The first-order valence-corrected chi connectivity index (χ1v) is 6.40. The van der Waals surface area contributed by atoms with E-state index in [-0.39, 0.29) is 6.61 Å². The number of nitrogens with one attached hydrogen (secondary N) is 1. The van der Waals surface area contributed by atoms with Gasteiger partial charge in [-0.3, -0.25) is 0 Å². The van der Waals surface area contributed by atoms with Crippen LogP contribution in [0.3, 0.4) is 0 Å². The van der Waals surface area contributed by atoms with Gasteiger partial charge in [0.2, 0.25) is 0 Å². The lowest BCUT2D eigenvalue weighted by molar-refractivity contribution is 0.302. The first kappa shape index (κ1) is 14.0. The topological polar surface area (TPSA) is 35.5 Å². The maximum Gasteiger partial charge on any atom is 0.0606 e. The molecule has 0 heterocycles. The minimum atomic E-state index is 0.193. The Kier molecular flexibility index (Phi) is 6.01. The minimum absolute atomic E-state index is 0.193. The predicted octanol–water partition coefficient (Wildman–Crippen LogP) is 2.18. The fourth-order valence-corrected chi connectivity index (χ4v) is 2.22. The Balaban J connectivity index is 3.04. The Morgan fingerprint density at radius 3 is 2.53 bits per heavy atom. The summed E-state index contributed by atoms with van der Waals surface area (Å²) in [6.45, 7) is 6.09. The molecule has 0 aliphatic rings. The van der Waals surface area contributed by atoms with Crippen molar-refractivity contribution >= 4 is 5.69 Å². The minimum Gasteiger partial charge on any atom is -0.395 e. The zero-order valence-corrected chi connectivity index (χ0v) is 11.1. The Morgan fingerprint density at radius 1 is 1.29 bits per heavy atom. The van der Waals surface area contributed by atoms with Crippen molar-refractivity contribution in [3.8, 4) is 0 Å². The second kappa shape index (κ2) is 7.30. The summed E-state index contributed by atoms with van der Waals surface area (Å²) in [5, 5.41) is 12.5. The van der Waals surface area contributed by atoms with Gasteiger partial charge in [-0.05, 0) is 32.0 Å². The van der Waals surface area contributed by atoms with E-state index in [0.29, 0.717) is 12.6 Å². The molecule has 0 saturated heterocycles. The van der Waals surface area contributed by atoms with Crippen molar-refractivity contribution in [1.82, 2.24) is 5.32 Å². The summed E-state index contributed by atoms with van der Waals surface area (Å²) in [6.07, 6.45) is 1.06. The number of rotatable bonds is 7. The Bertz CT molecular complexity index is 324. The first-order chi connectivity index (χ1) is 8.28. The van der Waals surface area contributed by atoms with Crippen LogP contribution in [0, 0.1) is 0 Å². The van der Waals surface area contributed by atoms with Crippen LogP contribution >= 0.6 is 0 Å². The summed E-state index contributed by atoms with van der Waals surface area (Å²) in [5.74, 6) is 0. The third-order valence-electron chi connectivity index (χ3n) is 3.16. The standard InChI is InChI=1S/C14H24N2O/c1-4-13(15-3)12-8-6-7-9-14(12)16(5-2)10-11-17/h6-9,13,15,17H,4-5,10-11H2,1-3H3. The first-order valence-electron chi connectivity index (χ1n) is 6.40. The third-order valence-corrected chi connectivity index (χ3v) is 3.16. The molecule has 2 N–H and O–H groups in total. The molecule has 1 aromatic rings. The van der Waals surface area contributed by atoms with Gasteiger partial charge in [0.1, 0.15) is 0 Å². The molecular formula is C14H24N2O. The number of aliphatic hydroxyl groups excluding tert-OH is 1. The summed E-state index contributed by atoms with van der Waals surface area (Å²) in [5.41, 5.74) is 2.54. The van der Waals surface area contributed by atoms with Crippen LogP contribution in [0.15, 0.2) is 24.3 Å². The molecule has 96 valence electrons. The lowest BCUT2D eigenvalue weighted by Gasteiger charge is -2.28. The van der Waals surface area contributed by atoms with Crippen LogP contribution in [0.4, 0.5) is 5.69 Å². The number of hydrogen-bond donors (Lipinski definition) is 2. The van der Waals surface area contributed by atoms with Crippen LogP contribution in [0.25, 0.3) is 0 Å². The van der Waals surface area contributed by atoms with Gasteiger partial charge in [0.05, 0.1) is 6.61 Å². The van der Waals surface area contributed by atoms with E-state index in [0.717, 1.165) is 13.0 Å². The molecule has 1 unspecified atom stereocenters. The summed E-state index contributed by atoms with van der Waals surface area (Å²) in [6, 6.07) is 8.81. The monoisotopic (exact) mass is 236 g/mol. The summed E-state index contributed by atoms with van der Waals surface area (Å²) >= 11 is 0. The summed E-state index contributed by atoms with van der Waals surface area (Å²) in [7, 11) is 1.99. The zero-order chi connectivity index (χ0) is 12.7. The average Bonchev–Trinajstić information content (AvgIpc) is 2.38. The number of likely N-dealkylation sites (N-methyl/N-ethyl adjacent to an activating group) is 1. The van der Waals surface area contributed by atoms with Gasteiger partial charge < -0.3 is 15.3 Å². The van der Waals surface area contributed by atoms with E-state index in [4.69, 9.17) is 5.11 Å². The lowest BCUT2D eigenvalue weighted by atomic mass is 10.0. The maximum absolute atomic E-state index is 9.12. The van der Waals surface area contributed by atoms with Crippen molar-refractivity contribution in [1.29, 1.82) is 0 Å². The number of aliphatic hydroxyl groups is 1. The molecule has 1 aromatic carbocycles. The highest BCUT2D eigenvalue weighted by molar-refractivity contribution is 5.55. The largest absolute Gasteiger partial charge is 0.395 e. The molecule has 0 amide bonds. The summed E-state index contributed by atoms with van der Waals surface area (Å²) < 4.78 is 0. The van der Waals surface area contributed by atoms with E-state index < -0.39 is 0 Å². The van der Waals surface area contributed by atoms with Gasteiger partial charge in [0.15, 0.2) is 0 Å². The van der Waals surface area contributed by atoms with Crippen molar-refractivity contribution in [2.45, 2.75) is 26.3 Å². The molecule has 1 atom stereocenters. The van der Waals surface area contributed by atoms with Crippen LogP contribution in [0.5, 0.6) is 0 Å². The molecule has 3 heteroatoms. The fourth-order valence-electron chi connectivity index (χ4n) is 2.22. The Morgan fingerprint density at radius 2 is 2.00 bits per heavy atom. The van der Waals surface area contributed by atoms with E-state index >= 15 is 0 Å². The van der Waals surface area contributed by atoms with Gasteiger partial charge in [-0.1, -0.05) is 25.1 Å². The average molecular weight is 236 g/mol. The van der Waals surface area contributed by atoms with E-state index in [2.05, 4.69) is 48.3 Å². The molecule has 17 heavy (non-hydrogen) atoms. The van der Waals surface area contributed by atoms with Crippen LogP contribution in [0.1, 0.15) is 31.9 Å². The van der Waals surface area contributed by atoms with Crippen molar-refractivity contribution in [2.24, 2.45) is 0 Å². The number of anilines is 1. The number of benzene rings is 1. The van der Waals surface area contributed by atoms with Gasteiger partial charge in [-0.2, -0.15) is 0 Å². The van der Waals surface area contributed by atoms with Crippen molar-refractivity contribution in [3.05, 3.63) is 29.8 Å². The predicted molar refractivity (Wildman–Crippen MR) is 73.5 cm³/mol. The van der Waals surface area contributed by atoms with Gasteiger partial charge in [-0.15, -0.1) is 0 Å². The molecular weight excluding hydrogens is 212 g/mol. The number of nitrogens with zero attached hydrogens (tertiary/aromatic N) is 1. The second-order valence-corrected chi connectivity index (χ2v) is 4.11. The SMILES string of the molecule is CCC(NC)c1ccccc1N(CC)CCO. The lowest BCUT2D eigenvalue weighted by Crippen LogP contribution is -2.28. The molecule has 1 rings (SSSR count). The van der Waals surface area contributed by atoms with Crippen molar-refractivity contribution < 1.29 is 5.11 Å². The molecule has 0 fully saturated rings. The zero-order valence-electron chi connectivity index (χ0n) is 11.1. The van der Waals surface area contributed by atoms with Gasteiger partial charge >= 0.3 is 0 Å². The molecule has 3 nitrogen and oxygen atoms in total. The van der Waals surface area contributed by atoms with Crippen molar-refractivity contribution in [3.63, 3.8) is 0 Å². The maximum atomic E-state index is 9.12. The number of hydrogen-bond acceptors (Lipinski definition) is 3.